The van der Waals surface area contributed by atoms with Gasteiger partial charge in [-0.1, -0.05) is 50.0 Å². The second-order valence-corrected chi connectivity index (χ2v) is 16.4. The molecular formula is C38H48Cl2N8O3. The SMILES string of the molecule is CC(=O)N1CCN(c2nc3cc(N=C(N[C@H]4C[C@H]5C[C@H]([C@H]4C)C5(C)C)N4CC(=O)N[C@@H](C)C4)ccc3c(=O)n2CCc2ccc(Cl)cc2Cl)CC1. The van der Waals surface area contributed by atoms with Crippen molar-refractivity contribution in [1.29, 1.82) is 0 Å². The largest absolute Gasteiger partial charge is 0.353 e. The lowest BCUT2D eigenvalue weighted by Crippen LogP contribution is -2.63. The van der Waals surface area contributed by atoms with Crippen LogP contribution in [0.25, 0.3) is 10.9 Å². The molecule has 3 aliphatic carbocycles. The number of anilines is 1. The lowest BCUT2D eigenvalue weighted by atomic mass is 9.45. The Morgan fingerprint density at radius 3 is 2.47 bits per heavy atom. The minimum absolute atomic E-state index is 0.0140. The first-order valence-electron chi connectivity index (χ1n) is 18.2. The average molecular weight is 736 g/mol. The number of hydrogen-bond donors (Lipinski definition) is 2. The molecule has 0 spiro atoms. The number of aromatic nitrogens is 2. The first-order valence-corrected chi connectivity index (χ1v) is 18.9. The minimum Gasteiger partial charge on any atom is -0.353 e. The van der Waals surface area contributed by atoms with Crippen molar-refractivity contribution in [1.82, 2.24) is 30.0 Å². The Kier molecular flexibility index (Phi) is 9.73. The third-order valence-electron chi connectivity index (χ3n) is 12.0. The summed E-state index contributed by atoms with van der Waals surface area (Å²) in [6.07, 6.45) is 2.86. The third-order valence-corrected chi connectivity index (χ3v) is 12.6. The fourth-order valence-corrected chi connectivity index (χ4v) is 9.31. The molecule has 5 aliphatic rings. The number of guanidine groups is 1. The molecule has 3 saturated carbocycles. The van der Waals surface area contributed by atoms with E-state index in [1.54, 1.807) is 29.7 Å². The van der Waals surface area contributed by atoms with Gasteiger partial charge in [-0.05, 0) is 85.3 Å². The molecule has 3 heterocycles. The van der Waals surface area contributed by atoms with Gasteiger partial charge in [0.25, 0.3) is 5.56 Å². The zero-order valence-corrected chi connectivity index (χ0v) is 31.6. The van der Waals surface area contributed by atoms with E-state index in [0.29, 0.717) is 107 Å². The van der Waals surface area contributed by atoms with Crippen molar-refractivity contribution < 1.29 is 9.59 Å². The number of benzene rings is 2. The fourth-order valence-electron chi connectivity index (χ4n) is 8.81. The summed E-state index contributed by atoms with van der Waals surface area (Å²) in [5.74, 6) is 3.03. The molecule has 8 rings (SSSR count). The van der Waals surface area contributed by atoms with Crippen molar-refractivity contribution in [3.63, 3.8) is 0 Å². The number of rotatable bonds is 6. The Labute approximate surface area is 309 Å². The summed E-state index contributed by atoms with van der Waals surface area (Å²) in [5, 5.41) is 8.42. The van der Waals surface area contributed by atoms with Crippen LogP contribution in [-0.2, 0) is 22.6 Å². The van der Waals surface area contributed by atoms with E-state index in [0.717, 1.165) is 12.0 Å². The highest BCUT2D eigenvalue weighted by molar-refractivity contribution is 6.35. The summed E-state index contributed by atoms with van der Waals surface area (Å²) in [6.45, 7) is 14.1. The van der Waals surface area contributed by atoms with Crippen LogP contribution in [0.2, 0.25) is 10.0 Å². The molecule has 51 heavy (non-hydrogen) atoms. The molecule has 0 unspecified atom stereocenters. The van der Waals surface area contributed by atoms with Gasteiger partial charge in [-0.15, -0.1) is 0 Å². The van der Waals surface area contributed by atoms with Gasteiger partial charge in [0.1, 0.15) is 0 Å². The molecule has 2 amide bonds. The van der Waals surface area contributed by atoms with Crippen LogP contribution in [0.3, 0.4) is 0 Å². The summed E-state index contributed by atoms with van der Waals surface area (Å²) in [6, 6.07) is 11.2. The van der Waals surface area contributed by atoms with Crippen LogP contribution < -0.4 is 21.1 Å². The van der Waals surface area contributed by atoms with Crippen LogP contribution in [0.5, 0.6) is 0 Å². The van der Waals surface area contributed by atoms with Gasteiger partial charge in [0, 0.05) is 68.3 Å². The maximum atomic E-state index is 14.2. The number of aliphatic imine (C=N–C) groups is 1. The number of aryl methyl sites for hydroxylation is 1. The van der Waals surface area contributed by atoms with Gasteiger partial charge >= 0.3 is 0 Å². The van der Waals surface area contributed by atoms with Crippen molar-refractivity contribution in [3.05, 3.63) is 62.4 Å². The van der Waals surface area contributed by atoms with E-state index in [1.807, 2.05) is 34.9 Å². The quantitative estimate of drug-likeness (QED) is 0.268. The summed E-state index contributed by atoms with van der Waals surface area (Å²) in [5.41, 5.74) is 2.29. The first-order chi connectivity index (χ1) is 24.3. The standard InChI is InChI=1S/C38H48Cl2N8O3/c1-22-20-47(21-34(50)41-22)36(43-32-17-26-16-30(23(32)2)38(26,4)5)42-28-8-9-29-33(19-28)44-37(46-14-12-45(13-15-46)24(3)49)48(35(29)51)11-10-25-6-7-27(39)18-31(25)40/h6-9,18-19,22-23,26,30,32H,10-17,20-21H2,1-5H3,(H,41,50)(H,42,43)/t22-,23+,26+,30+,32-/m0/s1. The van der Waals surface area contributed by atoms with Gasteiger partial charge in [-0.3, -0.25) is 19.0 Å². The number of hydrogen-bond acceptors (Lipinski definition) is 6. The zero-order valence-electron chi connectivity index (χ0n) is 30.1. The Morgan fingerprint density at radius 1 is 1.04 bits per heavy atom. The van der Waals surface area contributed by atoms with E-state index in [2.05, 4.69) is 36.3 Å². The highest BCUT2D eigenvalue weighted by Gasteiger charge is 2.56. The van der Waals surface area contributed by atoms with Gasteiger partial charge in [-0.2, -0.15) is 0 Å². The van der Waals surface area contributed by atoms with Crippen LogP contribution in [0.1, 0.15) is 53.0 Å². The third kappa shape index (κ3) is 7.03. The lowest BCUT2D eigenvalue weighted by Gasteiger charge is -2.62. The normalized spacial score (nSPS) is 26.2. The maximum absolute atomic E-state index is 14.2. The first kappa shape index (κ1) is 35.6. The van der Waals surface area contributed by atoms with Crippen molar-refractivity contribution in [2.75, 3.05) is 44.2 Å². The Bertz CT molecular complexity index is 1940. The summed E-state index contributed by atoms with van der Waals surface area (Å²) in [7, 11) is 0. The van der Waals surface area contributed by atoms with Crippen LogP contribution in [-0.4, -0.2) is 88.5 Å². The van der Waals surface area contributed by atoms with Crippen molar-refractivity contribution in [3.8, 4) is 0 Å². The second kappa shape index (κ2) is 14.0. The van der Waals surface area contributed by atoms with Crippen molar-refractivity contribution in [2.24, 2.45) is 28.2 Å². The molecule has 11 nitrogen and oxygen atoms in total. The molecular weight excluding hydrogens is 687 g/mol. The molecule has 2 saturated heterocycles. The van der Waals surface area contributed by atoms with Crippen LogP contribution >= 0.6 is 23.2 Å². The van der Waals surface area contributed by atoms with Gasteiger partial charge < -0.3 is 25.3 Å². The lowest BCUT2D eigenvalue weighted by molar-refractivity contribution is -0.129. The van der Waals surface area contributed by atoms with E-state index >= 15 is 0 Å². The van der Waals surface area contributed by atoms with E-state index in [4.69, 9.17) is 33.2 Å². The zero-order chi connectivity index (χ0) is 36.2. The molecule has 0 radical (unpaired) electrons. The fraction of sp³-hybridized carbons (Fsp3) is 0.553. The molecule has 1 aromatic heterocycles. The molecule has 5 fully saturated rings. The molecule has 2 bridgehead atoms. The van der Waals surface area contributed by atoms with Crippen molar-refractivity contribution in [2.45, 2.75) is 72.5 Å². The number of amides is 2. The number of halogens is 2. The number of carbonyl (C=O) groups is 2. The van der Waals surface area contributed by atoms with Gasteiger partial charge in [-0.25, -0.2) is 9.98 Å². The van der Waals surface area contributed by atoms with Crippen LogP contribution in [0, 0.1) is 23.2 Å². The average Bonchev–Trinajstić information content (AvgIpc) is 3.08. The summed E-state index contributed by atoms with van der Waals surface area (Å²) in [4.78, 5) is 55.2. The smallest absolute Gasteiger partial charge is 0.262 e. The number of nitrogens with one attached hydrogen (secondary N) is 2. The Hall–Kier alpha value is -3.83. The molecule has 13 heteroatoms. The predicted molar refractivity (Wildman–Crippen MR) is 203 cm³/mol. The van der Waals surface area contributed by atoms with E-state index in [9.17, 15) is 14.4 Å². The van der Waals surface area contributed by atoms with Crippen molar-refractivity contribution >= 4 is 63.5 Å². The number of piperazine rings is 2. The number of fused-ring (bicyclic) bond motifs is 3. The van der Waals surface area contributed by atoms with Crippen LogP contribution in [0.15, 0.2) is 46.2 Å². The monoisotopic (exact) mass is 734 g/mol. The Balaban J connectivity index is 1.24. The van der Waals surface area contributed by atoms with E-state index in [-0.39, 0.29) is 36.0 Å². The molecule has 5 atom stereocenters. The van der Waals surface area contributed by atoms with E-state index in [1.165, 1.54) is 6.42 Å². The summed E-state index contributed by atoms with van der Waals surface area (Å²) < 4.78 is 1.72. The highest BCUT2D eigenvalue weighted by Crippen LogP contribution is 2.61. The van der Waals surface area contributed by atoms with Crippen LogP contribution in [0.4, 0.5) is 11.6 Å². The van der Waals surface area contributed by atoms with Gasteiger partial charge in [0.2, 0.25) is 17.8 Å². The molecule has 2 N–H and O–H groups in total. The van der Waals surface area contributed by atoms with Gasteiger partial charge in [0.05, 0.1) is 23.1 Å². The number of carbonyl (C=O) groups excluding carboxylic acids is 2. The molecule has 2 aromatic carbocycles. The van der Waals surface area contributed by atoms with Gasteiger partial charge in [0.15, 0.2) is 5.96 Å². The minimum atomic E-state index is -0.151. The second-order valence-electron chi connectivity index (χ2n) is 15.5. The summed E-state index contributed by atoms with van der Waals surface area (Å²) >= 11 is 12.6. The molecule has 272 valence electrons. The van der Waals surface area contributed by atoms with E-state index < -0.39 is 0 Å². The topological polar surface area (TPSA) is 115 Å². The maximum Gasteiger partial charge on any atom is 0.262 e. The molecule has 3 aromatic rings. The Morgan fingerprint density at radius 2 is 1.80 bits per heavy atom. The predicted octanol–water partition coefficient (Wildman–Crippen LogP) is 5.08. The highest BCUT2D eigenvalue weighted by atomic mass is 35.5. The molecule has 2 aliphatic heterocycles. The number of nitrogens with zero attached hydrogens (tertiary/aromatic N) is 6.